The average molecular weight is 521 g/mol. The van der Waals surface area contributed by atoms with E-state index >= 15 is 0 Å². The fourth-order valence-electron chi connectivity index (χ4n) is 9.64. The van der Waals surface area contributed by atoms with Gasteiger partial charge in [0.15, 0.2) is 0 Å². The number of carbonyl (C=O) groups excluding carboxylic acids is 1. The number of ether oxygens (including phenoxy) is 2. The molecule has 0 heterocycles. The summed E-state index contributed by atoms with van der Waals surface area (Å²) in [6, 6.07) is 9.83. The van der Waals surface area contributed by atoms with Crippen LogP contribution >= 0.6 is 0 Å². The number of benzene rings is 1. The fourth-order valence-corrected chi connectivity index (χ4v) is 9.64. The Labute approximate surface area is 232 Å². The molecular weight excluding hydrogens is 468 g/mol. The highest BCUT2D eigenvalue weighted by Gasteiger charge is 2.59. The number of carbonyl (C=O) groups is 1. The smallest absolute Gasteiger partial charge is 0.431 e. The van der Waals surface area contributed by atoms with Crippen LogP contribution in [0.2, 0.25) is 0 Å². The van der Waals surface area contributed by atoms with Crippen LogP contribution in [-0.4, -0.2) is 12.3 Å². The van der Waals surface area contributed by atoms with Gasteiger partial charge in [0.2, 0.25) is 0 Å². The molecule has 0 radical (unpaired) electrons. The van der Waals surface area contributed by atoms with Crippen LogP contribution < -0.4 is 0 Å². The molecule has 1 aromatic rings. The van der Waals surface area contributed by atoms with Gasteiger partial charge in [-0.2, -0.15) is 0 Å². The van der Waals surface area contributed by atoms with Crippen LogP contribution in [-0.2, 0) is 16.1 Å². The first-order chi connectivity index (χ1) is 18.2. The highest BCUT2D eigenvalue weighted by atomic mass is 16.7. The molecule has 4 aliphatic carbocycles. The van der Waals surface area contributed by atoms with Crippen molar-refractivity contribution in [3.8, 4) is 0 Å². The van der Waals surface area contributed by atoms with Crippen molar-refractivity contribution in [3.05, 3.63) is 47.5 Å². The van der Waals surface area contributed by atoms with Gasteiger partial charge < -0.3 is 9.47 Å². The average Bonchev–Trinajstić information content (AvgIpc) is 3.25. The van der Waals surface area contributed by atoms with Gasteiger partial charge in [0, 0.05) is 6.42 Å². The topological polar surface area (TPSA) is 35.5 Å². The molecular formula is C35H52O3. The van der Waals surface area contributed by atoms with Crippen molar-refractivity contribution in [2.75, 3.05) is 0 Å². The molecule has 3 heteroatoms. The maximum absolute atomic E-state index is 12.4. The first-order valence-corrected chi connectivity index (χ1v) is 15.8. The summed E-state index contributed by atoms with van der Waals surface area (Å²) in [5, 5.41) is 0. The van der Waals surface area contributed by atoms with E-state index in [9.17, 15) is 4.79 Å². The molecule has 0 aliphatic heterocycles. The van der Waals surface area contributed by atoms with Crippen molar-refractivity contribution in [2.45, 2.75) is 118 Å². The van der Waals surface area contributed by atoms with Crippen LogP contribution in [0.5, 0.6) is 0 Å². The monoisotopic (exact) mass is 520 g/mol. The van der Waals surface area contributed by atoms with E-state index in [1.165, 1.54) is 51.4 Å². The molecule has 0 spiro atoms. The fraction of sp³-hybridized carbons (Fsp3) is 0.743. The Morgan fingerprint density at radius 3 is 2.53 bits per heavy atom. The van der Waals surface area contributed by atoms with E-state index in [-0.39, 0.29) is 18.1 Å². The van der Waals surface area contributed by atoms with E-state index in [1.54, 1.807) is 5.57 Å². The van der Waals surface area contributed by atoms with E-state index in [0.717, 1.165) is 60.3 Å². The molecule has 0 saturated heterocycles. The highest BCUT2D eigenvalue weighted by Crippen LogP contribution is 2.67. The summed E-state index contributed by atoms with van der Waals surface area (Å²) in [5.41, 5.74) is 3.36. The normalized spacial score (nSPS) is 37.0. The Kier molecular flexibility index (Phi) is 8.32. The predicted molar refractivity (Wildman–Crippen MR) is 155 cm³/mol. The molecule has 0 unspecified atom stereocenters. The van der Waals surface area contributed by atoms with Gasteiger partial charge in [-0.05, 0) is 96.8 Å². The Bertz CT molecular complexity index is 982. The van der Waals surface area contributed by atoms with E-state index in [4.69, 9.17) is 9.47 Å². The van der Waals surface area contributed by atoms with Crippen LogP contribution in [0, 0.1) is 46.3 Å². The van der Waals surface area contributed by atoms with Crippen molar-refractivity contribution < 1.29 is 14.3 Å². The molecule has 4 aliphatic rings. The minimum absolute atomic E-state index is 0.0504. The van der Waals surface area contributed by atoms with Crippen LogP contribution in [0.15, 0.2) is 42.0 Å². The number of hydrogen-bond donors (Lipinski definition) is 0. The van der Waals surface area contributed by atoms with Gasteiger partial charge in [0.25, 0.3) is 0 Å². The lowest BCUT2D eigenvalue weighted by molar-refractivity contribution is -0.0620. The summed E-state index contributed by atoms with van der Waals surface area (Å²) in [7, 11) is 0. The highest BCUT2D eigenvalue weighted by molar-refractivity contribution is 5.60. The summed E-state index contributed by atoms with van der Waals surface area (Å²) in [4.78, 5) is 12.4. The summed E-state index contributed by atoms with van der Waals surface area (Å²) in [5.74, 6) is 5.11. The third-order valence-electron chi connectivity index (χ3n) is 11.7. The summed E-state index contributed by atoms with van der Waals surface area (Å²) >= 11 is 0. The largest absolute Gasteiger partial charge is 0.508 e. The van der Waals surface area contributed by atoms with Gasteiger partial charge >= 0.3 is 6.16 Å². The summed E-state index contributed by atoms with van der Waals surface area (Å²) < 4.78 is 11.2. The molecule has 0 aromatic heterocycles. The SMILES string of the molecule is CC(C)CCC[C@H](C)[C@@H]1CC[C@@H]2[C@H]3CC=C4C[C@@H](OC(=O)OCc5ccccc5)CC[C@]4(C)[C@@H]3CC[C@@]21C. The first-order valence-electron chi connectivity index (χ1n) is 15.8. The molecule has 5 rings (SSSR count). The van der Waals surface area contributed by atoms with Gasteiger partial charge in [-0.3, -0.25) is 0 Å². The standard InChI is InChI=1S/C35H52O3/c1-24(2)10-9-11-25(3)30-16-17-31-29-15-14-27-22-28(38-33(36)37-23-26-12-7-6-8-13-26)18-20-34(27,4)32(29)19-21-35(30,31)5/h6-8,12-14,24-25,28-32H,9-11,15-23H2,1-5H3/t25-,28-,29+,30-,31+,32+,34-,35+/m0/s1. The second-order valence-electron chi connectivity index (χ2n) is 14.3. The zero-order valence-corrected chi connectivity index (χ0v) is 24.7. The minimum atomic E-state index is -0.523. The molecule has 0 amide bonds. The maximum atomic E-state index is 12.4. The van der Waals surface area contributed by atoms with Crippen LogP contribution in [0.1, 0.15) is 111 Å². The molecule has 3 nitrogen and oxygen atoms in total. The molecule has 3 fully saturated rings. The Hall–Kier alpha value is -1.77. The van der Waals surface area contributed by atoms with Gasteiger partial charge in [0.1, 0.15) is 12.7 Å². The van der Waals surface area contributed by atoms with Crippen molar-refractivity contribution in [1.29, 1.82) is 0 Å². The van der Waals surface area contributed by atoms with Crippen LogP contribution in [0.25, 0.3) is 0 Å². The number of hydrogen-bond acceptors (Lipinski definition) is 3. The number of fused-ring (bicyclic) bond motifs is 5. The molecule has 3 saturated carbocycles. The Morgan fingerprint density at radius 1 is 0.974 bits per heavy atom. The van der Waals surface area contributed by atoms with Gasteiger partial charge in [-0.1, -0.05) is 95.9 Å². The minimum Gasteiger partial charge on any atom is -0.431 e. The second-order valence-corrected chi connectivity index (χ2v) is 14.3. The Morgan fingerprint density at radius 2 is 1.76 bits per heavy atom. The van der Waals surface area contributed by atoms with Crippen LogP contribution in [0.3, 0.4) is 0 Å². The third kappa shape index (κ3) is 5.46. The maximum Gasteiger partial charge on any atom is 0.508 e. The predicted octanol–water partition coefficient (Wildman–Crippen LogP) is 9.75. The lowest BCUT2D eigenvalue weighted by atomic mass is 9.47. The lowest BCUT2D eigenvalue weighted by Gasteiger charge is -2.58. The van der Waals surface area contributed by atoms with E-state index < -0.39 is 6.16 Å². The summed E-state index contributed by atoms with van der Waals surface area (Å²) in [6.45, 7) is 12.8. The second kappa shape index (κ2) is 11.4. The van der Waals surface area contributed by atoms with Gasteiger partial charge in [0.05, 0.1) is 0 Å². The zero-order chi connectivity index (χ0) is 26.9. The molecule has 0 N–H and O–H groups in total. The van der Waals surface area contributed by atoms with Crippen molar-refractivity contribution >= 4 is 6.16 Å². The van der Waals surface area contributed by atoms with E-state index in [0.29, 0.717) is 5.41 Å². The first kappa shape index (κ1) is 27.8. The molecule has 210 valence electrons. The number of allylic oxidation sites excluding steroid dienone is 1. The third-order valence-corrected chi connectivity index (χ3v) is 11.7. The van der Waals surface area contributed by atoms with Crippen molar-refractivity contribution in [2.24, 2.45) is 46.3 Å². The van der Waals surface area contributed by atoms with Gasteiger partial charge in [-0.25, -0.2) is 4.79 Å². The Balaban J connectivity index is 1.19. The lowest BCUT2D eigenvalue weighted by Crippen LogP contribution is -2.51. The van der Waals surface area contributed by atoms with Gasteiger partial charge in [-0.15, -0.1) is 0 Å². The zero-order valence-electron chi connectivity index (χ0n) is 24.7. The molecule has 38 heavy (non-hydrogen) atoms. The summed E-state index contributed by atoms with van der Waals surface area (Å²) in [6.07, 6.45) is 16.1. The molecule has 0 bridgehead atoms. The van der Waals surface area contributed by atoms with Crippen molar-refractivity contribution in [1.82, 2.24) is 0 Å². The molecule has 8 atom stereocenters. The van der Waals surface area contributed by atoms with Crippen molar-refractivity contribution in [3.63, 3.8) is 0 Å². The van der Waals surface area contributed by atoms with E-state index in [2.05, 4.69) is 40.7 Å². The van der Waals surface area contributed by atoms with E-state index in [1.807, 2.05) is 30.3 Å². The van der Waals surface area contributed by atoms with Crippen LogP contribution in [0.4, 0.5) is 4.79 Å². The molecule has 1 aromatic carbocycles. The quantitative estimate of drug-likeness (QED) is 0.253. The number of rotatable bonds is 8.